The number of aromatic amines is 1. The van der Waals surface area contributed by atoms with Gasteiger partial charge in [-0.15, -0.1) is 0 Å². The number of aryl methyl sites for hydroxylation is 1. The first-order valence-electron chi connectivity index (χ1n) is 4.28. The molecule has 1 N–H and O–H groups in total. The van der Waals surface area contributed by atoms with Crippen LogP contribution in [0.3, 0.4) is 0 Å². The lowest BCUT2D eigenvalue weighted by Crippen LogP contribution is -2.03. The van der Waals surface area contributed by atoms with Gasteiger partial charge in [0.2, 0.25) is 0 Å². The zero-order valence-electron chi connectivity index (χ0n) is 8.27. The smallest absolute Gasteiger partial charge is 0.342 e. The van der Waals surface area contributed by atoms with Crippen LogP contribution >= 0.6 is 0 Å². The molecule has 2 aromatic heterocycles. The van der Waals surface area contributed by atoms with E-state index in [9.17, 15) is 4.79 Å². The molecule has 0 aliphatic carbocycles. The highest BCUT2D eigenvalue weighted by molar-refractivity contribution is 5.96. The third kappa shape index (κ3) is 1.50. The lowest BCUT2D eigenvalue weighted by Gasteiger charge is -1.98. The first-order chi connectivity index (χ1) is 7.24. The average Bonchev–Trinajstić information content (AvgIpc) is 2.85. The minimum atomic E-state index is -0.451. The predicted molar refractivity (Wildman–Crippen MR) is 50.2 cm³/mol. The van der Waals surface area contributed by atoms with Gasteiger partial charge < -0.3 is 9.26 Å². The van der Waals surface area contributed by atoms with Crippen LogP contribution in [0.25, 0.3) is 11.5 Å². The third-order valence-electron chi connectivity index (χ3n) is 2.01. The van der Waals surface area contributed by atoms with Crippen LogP contribution in [-0.4, -0.2) is 28.4 Å². The highest BCUT2D eigenvalue weighted by atomic mass is 16.5. The van der Waals surface area contributed by atoms with E-state index in [0.717, 1.165) is 0 Å². The van der Waals surface area contributed by atoms with Crippen molar-refractivity contribution in [3.8, 4) is 11.5 Å². The molecule has 6 nitrogen and oxygen atoms in total. The summed E-state index contributed by atoms with van der Waals surface area (Å²) in [6.07, 6.45) is 1.49. The number of ether oxygens (including phenoxy) is 1. The lowest BCUT2D eigenvalue weighted by atomic mass is 10.1. The summed E-state index contributed by atoms with van der Waals surface area (Å²) in [4.78, 5) is 11.5. The Morgan fingerprint density at radius 1 is 1.60 bits per heavy atom. The van der Waals surface area contributed by atoms with Crippen molar-refractivity contribution >= 4 is 5.97 Å². The molecule has 2 rings (SSSR count). The monoisotopic (exact) mass is 207 g/mol. The molecule has 0 amide bonds. The SMILES string of the molecule is COC(=O)c1c(-c2ccno2)n[nH]c1C. The molecule has 2 heterocycles. The summed E-state index contributed by atoms with van der Waals surface area (Å²) in [5.41, 5.74) is 1.42. The highest BCUT2D eigenvalue weighted by Crippen LogP contribution is 2.23. The zero-order valence-corrected chi connectivity index (χ0v) is 8.27. The van der Waals surface area contributed by atoms with E-state index in [2.05, 4.69) is 20.1 Å². The van der Waals surface area contributed by atoms with E-state index in [0.29, 0.717) is 22.7 Å². The van der Waals surface area contributed by atoms with E-state index in [1.807, 2.05) is 0 Å². The minimum Gasteiger partial charge on any atom is -0.465 e. The largest absolute Gasteiger partial charge is 0.465 e. The molecule has 0 aliphatic rings. The van der Waals surface area contributed by atoms with Crippen molar-refractivity contribution in [1.29, 1.82) is 0 Å². The molecule has 0 atom stereocenters. The molecular formula is C9H9N3O3. The number of nitrogens with one attached hydrogen (secondary N) is 1. The van der Waals surface area contributed by atoms with Crippen LogP contribution in [0.2, 0.25) is 0 Å². The fourth-order valence-corrected chi connectivity index (χ4v) is 1.30. The van der Waals surface area contributed by atoms with E-state index in [-0.39, 0.29) is 0 Å². The van der Waals surface area contributed by atoms with Gasteiger partial charge in [0.15, 0.2) is 5.76 Å². The fourth-order valence-electron chi connectivity index (χ4n) is 1.30. The molecule has 0 unspecified atom stereocenters. The van der Waals surface area contributed by atoms with Crippen molar-refractivity contribution in [2.75, 3.05) is 7.11 Å². The number of carbonyl (C=O) groups is 1. The molecule has 0 saturated heterocycles. The Labute approximate surface area is 85.2 Å². The Kier molecular flexibility index (Phi) is 2.24. The Morgan fingerprint density at radius 2 is 2.40 bits per heavy atom. The summed E-state index contributed by atoms with van der Waals surface area (Å²) in [6, 6.07) is 1.63. The quantitative estimate of drug-likeness (QED) is 0.747. The van der Waals surface area contributed by atoms with Gasteiger partial charge in [-0.2, -0.15) is 5.10 Å². The molecule has 0 radical (unpaired) electrons. The second-order valence-corrected chi connectivity index (χ2v) is 2.94. The molecule has 15 heavy (non-hydrogen) atoms. The number of aromatic nitrogens is 3. The normalized spacial score (nSPS) is 10.3. The van der Waals surface area contributed by atoms with Crippen molar-refractivity contribution in [2.24, 2.45) is 0 Å². The predicted octanol–water partition coefficient (Wildman–Crippen LogP) is 1.16. The number of nitrogens with zero attached hydrogens (tertiary/aromatic N) is 2. The maximum absolute atomic E-state index is 11.5. The van der Waals surface area contributed by atoms with Crippen molar-refractivity contribution < 1.29 is 14.1 Å². The molecule has 6 heteroatoms. The van der Waals surface area contributed by atoms with Crippen LogP contribution in [0.15, 0.2) is 16.8 Å². The van der Waals surface area contributed by atoms with Crippen LogP contribution in [0.5, 0.6) is 0 Å². The van der Waals surface area contributed by atoms with Gasteiger partial charge in [0.05, 0.1) is 13.3 Å². The van der Waals surface area contributed by atoms with Gasteiger partial charge in [-0.3, -0.25) is 5.10 Å². The number of carbonyl (C=O) groups excluding carboxylic acids is 1. The Hall–Kier alpha value is -2.11. The first kappa shape index (κ1) is 9.45. The van der Waals surface area contributed by atoms with Gasteiger partial charge >= 0.3 is 5.97 Å². The van der Waals surface area contributed by atoms with Crippen molar-refractivity contribution in [1.82, 2.24) is 15.4 Å². The second-order valence-electron chi connectivity index (χ2n) is 2.94. The van der Waals surface area contributed by atoms with E-state index in [4.69, 9.17) is 4.52 Å². The molecule has 0 aromatic carbocycles. The van der Waals surface area contributed by atoms with Crippen LogP contribution in [0, 0.1) is 6.92 Å². The van der Waals surface area contributed by atoms with Gasteiger partial charge in [-0.1, -0.05) is 5.16 Å². The van der Waals surface area contributed by atoms with Crippen LogP contribution in [0.4, 0.5) is 0 Å². The molecular weight excluding hydrogens is 198 g/mol. The molecule has 0 fully saturated rings. The molecule has 0 aliphatic heterocycles. The van der Waals surface area contributed by atoms with Gasteiger partial charge in [0.25, 0.3) is 0 Å². The van der Waals surface area contributed by atoms with Crippen LogP contribution < -0.4 is 0 Å². The topological polar surface area (TPSA) is 81.0 Å². The maximum Gasteiger partial charge on any atom is 0.342 e. The van der Waals surface area contributed by atoms with Crippen molar-refractivity contribution in [3.05, 3.63) is 23.5 Å². The number of hydrogen-bond donors (Lipinski definition) is 1. The summed E-state index contributed by atoms with van der Waals surface area (Å²) in [7, 11) is 1.32. The van der Waals surface area contributed by atoms with Crippen LogP contribution in [0.1, 0.15) is 16.1 Å². The third-order valence-corrected chi connectivity index (χ3v) is 2.01. The Balaban J connectivity index is 2.54. The molecule has 78 valence electrons. The second kappa shape index (κ2) is 3.56. The summed E-state index contributed by atoms with van der Waals surface area (Å²) >= 11 is 0. The van der Waals surface area contributed by atoms with E-state index in [1.54, 1.807) is 13.0 Å². The van der Waals surface area contributed by atoms with Gasteiger partial charge in [-0.25, -0.2) is 4.79 Å². The molecule has 0 saturated carbocycles. The van der Waals surface area contributed by atoms with Gasteiger partial charge in [0, 0.05) is 11.8 Å². The van der Waals surface area contributed by atoms with Gasteiger partial charge in [-0.05, 0) is 6.92 Å². The highest BCUT2D eigenvalue weighted by Gasteiger charge is 2.21. The lowest BCUT2D eigenvalue weighted by molar-refractivity contribution is 0.0600. The number of H-pyrrole nitrogens is 1. The number of hydrogen-bond acceptors (Lipinski definition) is 5. The summed E-state index contributed by atoms with van der Waals surface area (Å²) in [5.74, 6) is -0.0209. The van der Waals surface area contributed by atoms with E-state index >= 15 is 0 Å². The summed E-state index contributed by atoms with van der Waals surface area (Å²) in [5, 5.41) is 10.2. The maximum atomic E-state index is 11.5. The fraction of sp³-hybridized carbons (Fsp3) is 0.222. The van der Waals surface area contributed by atoms with E-state index in [1.165, 1.54) is 13.3 Å². The molecule has 2 aromatic rings. The minimum absolute atomic E-state index is 0.370. The van der Waals surface area contributed by atoms with E-state index < -0.39 is 5.97 Å². The Morgan fingerprint density at radius 3 is 3.00 bits per heavy atom. The van der Waals surface area contributed by atoms with Crippen LogP contribution in [-0.2, 0) is 4.74 Å². The number of rotatable bonds is 2. The van der Waals surface area contributed by atoms with Crippen molar-refractivity contribution in [3.63, 3.8) is 0 Å². The molecule has 0 spiro atoms. The average molecular weight is 207 g/mol. The standard InChI is InChI=1S/C9H9N3O3/c1-5-7(9(13)14-2)8(12-11-5)6-3-4-10-15-6/h3-4H,1-2H3,(H,11,12). The van der Waals surface area contributed by atoms with Crippen molar-refractivity contribution in [2.45, 2.75) is 6.92 Å². The van der Waals surface area contributed by atoms with Gasteiger partial charge in [0.1, 0.15) is 11.3 Å². The summed E-state index contributed by atoms with van der Waals surface area (Å²) < 4.78 is 9.58. The number of esters is 1. The number of methoxy groups -OCH3 is 1. The first-order valence-corrected chi connectivity index (χ1v) is 4.28. The Bertz CT molecular complexity index is 473. The summed E-state index contributed by atoms with van der Waals surface area (Å²) in [6.45, 7) is 1.74. The molecule has 0 bridgehead atoms. The zero-order chi connectivity index (χ0) is 10.8.